The van der Waals surface area contributed by atoms with E-state index in [1.807, 2.05) is 0 Å². The van der Waals surface area contributed by atoms with Gasteiger partial charge in [0.25, 0.3) is 5.56 Å². The Balaban J connectivity index is 2.81. The molecule has 22 heavy (non-hydrogen) atoms. The Kier molecular flexibility index (Phi) is 3.67. The summed E-state index contributed by atoms with van der Waals surface area (Å²) in [6.45, 7) is 1.45. The van der Waals surface area contributed by atoms with Gasteiger partial charge in [-0.15, -0.1) is 0 Å². The van der Waals surface area contributed by atoms with E-state index in [1.165, 1.54) is 13.0 Å². The number of hydrogen-bond acceptors (Lipinski definition) is 3. The highest BCUT2D eigenvalue weighted by molar-refractivity contribution is 5.76. The molecule has 2 rings (SSSR count). The summed E-state index contributed by atoms with van der Waals surface area (Å²) < 4.78 is 51.7. The molecular weight excluding hydrogens is 304 g/mol. The van der Waals surface area contributed by atoms with Gasteiger partial charge >= 0.3 is 6.18 Å². The summed E-state index contributed by atoms with van der Waals surface area (Å²) in [5, 5.41) is 18.7. The lowest BCUT2D eigenvalue weighted by atomic mass is 9.98. The molecular formula is C14H8F4N2O2. The first kappa shape index (κ1) is 15.6. The fraction of sp³-hybridized carbons (Fsp3) is 0.143. The minimum atomic E-state index is -4.83. The number of halogens is 4. The van der Waals surface area contributed by atoms with Crippen molar-refractivity contribution < 1.29 is 22.7 Å². The van der Waals surface area contributed by atoms with Crippen molar-refractivity contribution in [3.05, 3.63) is 51.2 Å². The van der Waals surface area contributed by atoms with Crippen LogP contribution in [0.3, 0.4) is 0 Å². The maximum absolute atomic E-state index is 14.0. The number of alkyl halides is 3. The zero-order chi connectivity index (χ0) is 16.7. The first-order valence-corrected chi connectivity index (χ1v) is 5.89. The van der Waals surface area contributed by atoms with E-state index >= 15 is 0 Å². The molecule has 0 spiro atoms. The number of aromatic amines is 1. The van der Waals surface area contributed by atoms with E-state index in [4.69, 9.17) is 5.26 Å². The molecule has 0 atom stereocenters. The topological polar surface area (TPSA) is 76.9 Å². The Bertz CT molecular complexity index is 824. The van der Waals surface area contributed by atoms with Crippen molar-refractivity contribution in [3.63, 3.8) is 0 Å². The third-order valence-corrected chi connectivity index (χ3v) is 2.95. The molecule has 0 unspecified atom stereocenters. The van der Waals surface area contributed by atoms with E-state index in [-0.39, 0.29) is 17.3 Å². The predicted molar refractivity (Wildman–Crippen MR) is 68.6 cm³/mol. The first-order chi connectivity index (χ1) is 10.1. The second kappa shape index (κ2) is 5.18. The molecule has 1 aromatic heterocycles. The van der Waals surface area contributed by atoms with Crippen LogP contribution in [0.4, 0.5) is 17.6 Å². The average molecular weight is 312 g/mol. The maximum atomic E-state index is 14.0. The highest BCUT2D eigenvalue weighted by atomic mass is 19.4. The van der Waals surface area contributed by atoms with Gasteiger partial charge in [-0.25, -0.2) is 4.39 Å². The molecule has 2 aromatic rings. The Hall–Kier alpha value is -2.82. The summed E-state index contributed by atoms with van der Waals surface area (Å²) >= 11 is 0. The largest absolute Gasteiger partial charge is 0.507 e. The fourth-order valence-corrected chi connectivity index (χ4v) is 2.02. The highest BCUT2D eigenvalue weighted by Crippen LogP contribution is 2.39. The third-order valence-electron chi connectivity index (χ3n) is 2.95. The Morgan fingerprint density at radius 3 is 2.41 bits per heavy atom. The number of phenols is 1. The van der Waals surface area contributed by atoms with Crippen molar-refractivity contribution in [1.29, 1.82) is 5.26 Å². The van der Waals surface area contributed by atoms with Crippen LogP contribution in [-0.2, 0) is 6.18 Å². The molecule has 4 nitrogen and oxygen atoms in total. The molecule has 0 aliphatic carbocycles. The van der Waals surface area contributed by atoms with Crippen molar-refractivity contribution in [1.82, 2.24) is 4.98 Å². The van der Waals surface area contributed by atoms with Gasteiger partial charge in [0.05, 0.1) is 11.1 Å². The SMILES string of the molecule is Cc1cc(-c2c(O)cc(C(F)(F)F)cc2F)c(C#N)c(=O)[nH]1. The zero-order valence-electron chi connectivity index (χ0n) is 11.0. The van der Waals surface area contributed by atoms with Crippen molar-refractivity contribution >= 4 is 0 Å². The number of nitrogens with one attached hydrogen (secondary N) is 1. The van der Waals surface area contributed by atoms with Gasteiger partial charge in [0, 0.05) is 11.3 Å². The van der Waals surface area contributed by atoms with Crippen LogP contribution in [0.5, 0.6) is 5.75 Å². The Morgan fingerprint density at radius 2 is 1.91 bits per heavy atom. The number of H-pyrrole nitrogens is 1. The molecule has 8 heteroatoms. The van der Waals surface area contributed by atoms with Crippen LogP contribution in [0, 0.1) is 24.1 Å². The van der Waals surface area contributed by atoms with E-state index in [1.54, 1.807) is 6.07 Å². The summed E-state index contributed by atoms with van der Waals surface area (Å²) in [4.78, 5) is 14.0. The quantitative estimate of drug-likeness (QED) is 0.794. The number of aromatic hydroxyl groups is 1. The van der Waals surface area contributed by atoms with Crippen molar-refractivity contribution in [3.8, 4) is 22.9 Å². The molecule has 0 bridgehead atoms. The van der Waals surface area contributed by atoms with Gasteiger partial charge in [-0.1, -0.05) is 0 Å². The zero-order valence-corrected chi connectivity index (χ0v) is 11.0. The average Bonchev–Trinajstić information content (AvgIpc) is 2.36. The molecule has 1 heterocycles. The minimum absolute atomic E-state index is 0.201. The smallest absolute Gasteiger partial charge is 0.416 e. The molecule has 0 aliphatic rings. The summed E-state index contributed by atoms with van der Waals surface area (Å²) in [6, 6.07) is 3.29. The number of pyridine rings is 1. The van der Waals surface area contributed by atoms with Crippen LogP contribution in [-0.4, -0.2) is 10.1 Å². The van der Waals surface area contributed by atoms with Gasteiger partial charge in [-0.05, 0) is 25.1 Å². The van der Waals surface area contributed by atoms with Crippen LogP contribution < -0.4 is 5.56 Å². The van der Waals surface area contributed by atoms with Crippen LogP contribution in [0.2, 0.25) is 0 Å². The second-order valence-electron chi connectivity index (χ2n) is 4.53. The predicted octanol–water partition coefficient (Wildman–Crippen LogP) is 3.09. The van der Waals surface area contributed by atoms with Gasteiger partial charge in [-0.2, -0.15) is 18.4 Å². The monoisotopic (exact) mass is 312 g/mol. The number of benzene rings is 1. The van der Waals surface area contributed by atoms with Crippen LogP contribution >= 0.6 is 0 Å². The summed E-state index contributed by atoms with van der Waals surface area (Å²) in [5.74, 6) is -2.39. The van der Waals surface area contributed by atoms with Gasteiger partial charge < -0.3 is 10.1 Å². The summed E-state index contributed by atoms with van der Waals surface area (Å²) in [5.41, 5.74) is -3.33. The van der Waals surface area contributed by atoms with Gasteiger partial charge in [0.1, 0.15) is 23.2 Å². The number of nitrogens with zero attached hydrogens (tertiary/aromatic N) is 1. The first-order valence-electron chi connectivity index (χ1n) is 5.89. The number of hydrogen-bond donors (Lipinski definition) is 2. The van der Waals surface area contributed by atoms with E-state index in [0.717, 1.165) is 0 Å². The highest BCUT2D eigenvalue weighted by Gasteiger charge is 2.33. The lowest BCUT2D eigenvalue weighted by Gasteiger charge is -2.12. The molecule has 0 radical (unpaired) electrons. The third kappa shape index (κ3) is 2.65. The fourth-order valence-electron chi connectivity index (χ4n) is 2.02. The Labute approximate surface area is 121 Å². The van der Waals surface area contributed by atoms with E-state index in [9.17, 15) is 27.5 Å². The molecule has 0 aliphatic heterocycles. The number of aryl methyl sites for hydroxylation is 1. The number of rotatable bonds is 1. The van der Waals surface area contributed by atoms with Crippen LogP contribution in [0.15, 0.2) is 23.0 Å². The van der Waals surface area contributed by atoms with E-state index in [2.05, 4.69) is 4.98 Å². The van der Waals surface area contributed by atoms with Crippen molar-refractivity contribution in [2.75, 3.05) is 0 Å². The molecule has 0 fully saturated rings. The molecule has 114 valence electrons. The van der Waals surface area contributed by atoms with Crippen molar-refractivity contribution in [2.45, 2.75) is 13.1 Å². The molecule has 0 saturated carbocycles. The number of nitriles is 1. The lowest BCUT2D eigenvalue weighted by molar-refractivity contribution is -0.137. The standard InChI is InChI=1S/C14H8F4N2O2/c1-6-2-8(9(5-19)13(22)20-6)12-10(15)3-7(4-11(12)21)14(16,17)18/h2-4,21H,1H3,(H,20,22). The lowest BCUT2D eigenvalue weighted by Crippen LogP contribution is -2.13. The van der Waals surface area contributed by atoms with Crippen molar-refractivity contribution in [2.24, 2.45) is 0 Å². The molecule has 2 N–H and O–H groups in total. The van der Waals surface area contributed by atoms with Gasteiger partial charge in [0.2, 0.25) is 0 Å². The van der Waals surface area contributed by atoms with Gasteiger partial charge in [-0.3, -0.25) is 4.79 Å². The summed E-state index contributed by atoms with van der Waals surface area (Å²) in [6.07, 6.45) is -4.83. The molecule has 1 aromatic carbocycles. The number of phenolic OH excluding ortho intramolecular Hbond substituents is 1. The van der Waals surface area contributed by atoms with Crippen LogP contribution in [0.25, 0.3) is 11.1 Å². The Morgan fingerprint density at radius 1 is 1.27 bits per heavy atom. The molecule has 0 amide bonds. The second-order valence-corrected chi connectivity index (χ2v) is 4.53. The van der Waals surface area contributed by atoms with E-state index < -0.39 is 40.0 Å². The van der Waals surface area contributed by atoms with Crippen LogP contribution in [0.1, 0.15) is 16.8 Å². The normalized spacial score (nSPS) is 11.3. The summed E-state index contributed by atoms with van der Waals surface area (Å²) in [7, 11) is 0. The molecule has 0 saturated heterocycles. The van der Waals surface area contributed by atoms with E-state index in [0.29, 0.717) is 6.07 Å². The number of aromatic nitrogens is 1. The minimum Gasteiger partial charge on any atom is -0.507 e. The maximum Gasteiger partial charge on any atom is 0.416 e. The van der Waals surface area contributed by atoms with Gasteiger partial charge in [0.15, 0.2) is 0 Å².